The van der Waals surface area contributed by atoms with Crippen LogP contribution in [0.25, 0.3) is 21.0 Å². The molecule has 0 saturated heterocycles. The van der Waals surface area contributed by atoms with Gasteiger partial charge in [-0.2, -0.15) is 0 Å². The number of rotatable bonds is 5. The number of fused-ring (bicyclic) bond motifs is 3. The quantitative estimate of drug-likeness (QED) is 0.521. The monoisotopic (exact) mass is 393 g/mol. The minimum Gasteiger partial charge on any atom is -0.494 e. The predicted molar refractivity (Wildman–Crippen MR) is 108 cm³/mol. The Hall–Kier alpha value is -3.45. The van der Waals surface area contributed by atoms with Crippen LogP contribution in [0.5, 0.6) is 5.75 Å². The smallest absolute Gasteiger partial charge is 0.349 e. The van der Waals surface area contributed by atoms with Crippen molar-refractivity contribution >= 4 is 44.1 Å². The molecule has 140 valence electrons. The molecule has 1 N–H and O–H groups in total. The summed E-state index contributed by atoms with van der Waals surface area (Å²) in [5.41, 5.74) is 0.630. The number of Topliss-reactive ketones (excluding diaryl/α,β-unsaturated/α-hetero) is 1. The molecule has 0 bridgehead atoms. The summed E-state index contributed by atoms with van der Waals surface area (Å²) in [5, 5.41) is 10.4. The molecule has 0 aliphatic carbocycles. The number of para-hydroxylation sites is 1. The Kier molecular flexibility index (Phi) is 4.44. The molecule has 0 spiro atoms. The largest absolute Gasteiger partial charge is 0.494 e. The Morgan fingerprint density at radius 3 is 2.43 bits per heavy atom. The second-order valence-electron chi connectivity index (χ2n) is 6.17. The third-order valence-electron chi connectivity index (χ3n) is 4.56. The highest BCUT2D eigenvalue weighted by Gasteiger charge is 2.25. The molecule has 2 aromatic carbocycles. The van der Waals surface area contributed by atoms with Crippen LogP contribution in [0.1, 0.15) is 20.0 Å². The molecule has 0 radical (unpaired) electrons. The van der Waals surface area contributed by atoms with Gasteiger partial charge in [0.25, 0.3) is 5.56 Å². The zero-order valence-corrected chi connectivity index (χ0v) is 15.7. The lowest BCUT2D eigenvalue weighted by Crippen LogP contribution is -2.25. The van der Waals surface area contributed by atoms with Crippen molar-refractivity contribution in [3.8, 4) is 5.75 Å². The maximum Gasteiger partial charge on any atom is 0.349 e. The van der Waals surface area contributed by atoms with Gasteiger partial charge in [0.1, 0.15) is 5.39 Å². The SMILES string of the molecule is COc1c(C(=O)O)sc2c1c(=O)n(CC(=O)c1ccccc1)c1ccccc21. The highest BCUT2D eigenvalue weighted by molar-refractivity contribution is 7.22. The van der Waals surface area contributed by atoms with Crippen LogP contribution in [0.3, 0.4) is 0 Å². The zero-order chi connectivity index (χ0) is 19.8. The average molecular weight is 393 g/mol. The molecule has 2 heterocycles. The number of aromatic carboxylic acids is 1. The number of hydrogen-bond acceptors (Lipinski definition) is 5. The van der Waals surface area contributed by atoms with Gasteiger partial charge in [0, 0.05) is 10.9 Å². The Morgan fingerprint density at radius 2 is 1.75 bits per heavy atom. The van der Waals surface area contributed by atoms with Crippen molar-refractivity contribution < 1.29 is 19.4 Å². The lowest BCUT2D eigenvalue weighted by Gasteiger charge is -2.11. The molecule has 28 heavy (non-hydrogen) atoms. The number of benzene rings is 2. The Bertz CT molecular complexity index is 1290. The van der Waals surface area contributed by atoms with Crippen LogP contribution in [-0.2, 0) is 6.54 Å². The number of thiophene rings is 1. The molecule has 4 rings (SSSR count). The minimum absolute atomic E-state index is 0.0316. The summed E-state index contributed by atoms with van der Waals surface area (Å²) >= 11 is 1.00. The van der Waals surface area contributed by atoms with E-state index >= 15 is 0 Å². The van der Waals surface area contributed by atoms with Gasteiger partial charge >= 0.3 is 5.97 Å². The maximum absolute atomic E-state index is 13.3. The van der Waals surface area contributed by atoms with Crippen molar-refractivity contribution in [3.63, 3.8) is 0 Å². The van der Waals surface area contributed by atoms with Crippen molar-refractivity contribution in [2.45, 2.75) is 6.54 Å². The number of carbonyl (C=O) groups is 2. The summed E-state index contributed by atoms with van der Waals surface area (Å²) in [7, 11) is 1.34. The number of carbonyl (C=O) groups excluding carboxylic acids is 1. The van der Waals surface area contributed by atoms with E-state index < -0.39 is 11.5 Å². The summed E-state index contributed by atoms with van der Waals surface area (Å²) in [6.45, 7) is -0.152. The Morgan fingerprint density at radius 1 is 1.07 bits per heavy atom. The number of pyridine rings is 1. The number of ether oxygens (including phenoxy) is 1. The van der Waals surface area contributed by atoms with Gasteiger partial charge in [0.05, 0.1) is 23.9 Å². The van der Waals surface area contributed by atoms with Gasteiger partial charge in [0.2, 0.25) is 0 Å². The number of carboxylic acid groups (broad SMARTS) is 1. The van der Waals surface area contributed by atoms with Gasteiger partial charge < -0.3 is 9.84 Å². The van der Waals surface area contributed by atoms with E-state index in [-0.39, 0.29) is 28.3 Å². The molecule has 0 aliphatic rings. The molecule has 0 aliphatic heterocycles. The van der Waals surface area contributed by atoms with E-state index in [2.05, 4.69) is 0 Å². The summed E-state index contributed by atoms with van der Waals surface area (Å²) in [6.07, 6.45) is 0. The molecule has 6 nitrogen and oxygen atoms in total. The fourth-order valence-corrected chi connectivity index (χ4v) is 4.43. The summed E-state index contributed by atoms with van der Waals surface area (Å²) in [5.74, 6) is -1.34. The lowest BCUT2D eigenvalue weighted by molar-refractivity contribution is 0.0699. The lowest BCUT2D eigenvalue weighted by atomic mass is 10.1. The van der Waals surface area contributed by atoms with E-state index in [0.717, 1.165) is 11.3 Å². The van der Waals surface area contributed by atoms with Gasteiger partial charge in [0.15, 0.2) is 16.4 Å². The zero-order valence-electron chi connectivity index (χ0n) is 14.8. The minimum atomic E-state index is -1.16. The van der Waals surface area contributed by atoms with Gasteiger partial charge in [-0.1, -0.05) is 48.5 Å². The molecule has 7 heteroatoms. The van der Waals surface area contributed by atoms with Crippen molar-refractivity contribution in [3.05, 3.63) is 75.4 Å². The molecule has 0 unspecified atom stereocenters. The maximum atomic E-state index is 13.3. The first kappa shape index (κ1) is 17.9. The van der Waals surface area contributed by atoms with Crippen molar-refractivity contribution in [2.24, 2.45) is 0 Å². The standard InChI is InChI=1S/C21H15NO5S/c1-27-17-16-18(28-19(17)21(25)26)13-9-5-6-10-14(13)22(20(16)24)11-15(23)12-7-3-2-4-8-12/h2-10H,11H2,1H3,(H,25,26). The topological polar surface area (TPSA) is 85.6 Å². The van der Waals surface area contributed by atoms with Gasteiger partial charge in [-0.15, -0.1) is 11.3 Å². The number of hydrogen-bond donors (Lipinski definition) is 1. The van der Waals surface area contributed by atoms with Crippen LogP contribution in [0.2, 0.25) is 0 Å². The molecular formula is C21H15NO5S. The first-order valence-corrected chi connectivity index (χ1v) is 9.28. The molecule has 0 atom stereocenters. The van der Waals surface area contributed by atoms with E-state index in [1.165, 1.54) is 11.7 Å². The van der Waals surface area contributed by atoms with E-state index in [1.807, 2.05) is 18.2 Å². The van der Waals surface area contributed by atoms with Crippen LogP contribution in [0, 0.1) is 0 Å². The number of aromatic nitrogens is 1. The van der Waals surface area contributed by atoms with E-state index in [9.17, 15) is 19.5 Å². The normalized spacial score (nSPS) is 11.0. The average Bonchev–Trinajstić information content (AvgIpc) is 3.12. The first-order valence-electron chi connectivity index (χ1n) is 8.46. The molecule has 0 saturated carbocycles. The van der Waals surface area contributed by atoms with Crippen molar-refractivity contribution in [1.29, 1.82) is 0 Å². The number of nitrogens with zero attached hydrogens (tertiary/aromatic N) is 1. The number of ketones is 1. The van der Waals surface area contributed by atoms with Crippen LogP contribution in [-0.4, -0.2) is 28.5 Å². The molecule has 4 aromatic rings. The van der Waals surface area contributed by atoms with E-state index in [4.69, 9.17) is 4.74 Å². The van der Waals surface area contributed by atoms with Gasteiger partial charge in [-0.05, 0) is 6.07 Å². The second kappa shape index (κ2) is 6.94. The van der Waals surface area contributed by atoms with Crippen LogP contribution in [0.4, 0.5) is 0 Å². The number of methoxy groups -OCH3 is 1. The highest BCUT2D eigenvalue weighted by atomic mass is 32.1. The molecule has 0 amide bonds. The number of carboxylic acids is 1. The predicted octanol–water partition coefficient (Wildman–Crippen LogP) is 3.81. The van der Waals surface area contributed by atoms with Gasteiger partial charge in [-0.25, -0.2) is 4.79 Å². The Labute approximate surface area is 163 Å². The first-order chi connectivity index (χ1) is 13.5. The molecule has 0 fully saturated rings. The van der Waals surface area contributed by atoms with Crippen LogP contribution in [0.15, 0.2) is 59.4 Å². The third kappa shape index (κ3) is 2.76. The van der Waals surface area contributed by atoms with E-state index in [1.54, 1.807) is 36.4 Å². The van der Waals surface area contributed by atoms with Crippen molar-refractivity contribution in [1.82, 2.24) is 4.57 Å². The summed E-state index contributed by atoms with van der Waals surface area (Å²) in [6, 6.07) is 15.9. The van der Waals surface area contributed by atoms with Gasteiger partial charge in [-0.3, -0.25) is 14.2 Å². The molecule has 2 aromatic heterocycles. The highest BCUT2D eigenvalue weighted by Crippen LogP contribution is 2.39. The third-order valence-corrected chi connectivity index (χ3v) is 5.75. The van der Waals surface area contributed by atoms with Crippen LogP contribution >= 0.6 is 11.3 Å². The fourth-order valence-electron chi connectivity index (χ4n) is 3.30. The summed E-state index contributed by atoms with van der Waals surface area (Å²) in [4.78, 5) is 37.6. The Balaban J connectivity index is 2.02. The molecular weight excluding hydrogens is 378 g/mol. The summed E-state index contributed by atoms with van der Waals surface area (Å²) < 4.78 is 7.19. The second-order valence-corrected chi connectivity index (χ2v) is 7.19. The van der Waals surface area contributed by atoms with E-state index in [0.29, 0.717) is 21.2 Å². The van der Waals surface area contributed by atoms with Crippen LogP contribution < -0.4 is 10.3 Å². The fraction of sp³-hybridized carbons (Fsp3) is 0.0952. The van der Waals surface area contributed by atoms with Crippen molar-refractivity contribution in [2.75, 3.05) is 7.11 Å².